The Labute approximate surface area is 277 Å². The summed E-state index contributed by atoms with van der Waals surface area (Å²) in [7, 11) is 5.54. The van der Waals surface area contributed by atoms with Crippen LogP contribution in [0, 0.1) is 18.8 Å². The third kappa shape index (κ3) is 4.76. The van der Waals surface area contributed by atoms with Crippen LogP contribution in [-0.4, -0.2) is 64.8 Å². The van der Waals surface area contributed by atoms with Gasteiger partial charge in [-0.1, -0.05) is 12.1 Å². The van der Waals surface area contributed by atoms with Crippen LogP contribution in [0.15, 0.2) is 42.6 Å². The van der Waals surface area contributed by atoms with Gasteiger partial charge in [0, 0.05) is 62.3 Å². The minimum Gasteiger partial charge on any atom is -0.494 e. The molecule has 240 valence electrons. The molecule has 2 bridgehead atoms. The van der Waals surface area contributed by atoms with Crippen LogP contribution in [0.1, 0.15) is 41.7 Å². The van der Waals surface area contributed by atoms with E-state index in [1.54, 1.807) is 11.8 Å². The van der Waals surface area contributed by atoms with E-state index in [1.807, 2.05) is 50.3 Å². The number of fused-ring (bicyclic) bond motifs is 5. The van der Waals surface area contributed by atoms with Gasteiger partial charge >= 0.3 is 0 Å². The second-order valence-electron chi connectivity index (χ2n) is 13.4. The van der Waals surface area contributed by atoms with Crippen LogP contribution >= 0.6 is 23.2 Å². The van der Waals surface area contributed by atoms with E-state index >= 15 is 0 Å². The Morgan fingerprint density at radius 1 is 1.15 bits per heavy atom. The average molecular weight is 662 g/mol. The Bertz CT molecular complexity index is 2030. The van der Waals surface area contributed by atoms with E-state index in [0.717, 1.165) is 70.7 Å². The van der Waals surface area contributed by atoms with E-state index in [1.165, 1.54) is 0 Å². The number of benzene rings is 2. The van der Waals surface area contributed by atoms with Crippen molar-refractivity contribution in [2.45, 2.75) is 55.6 Å². The minimum atomic E-state index is -0.751. The number of hydrogen-bond donors (Lipinski definition) is 2. The molecule has 3 N–H and O–H groups in total. The Hall–Kier alpha value is -3.73. The number of alkyl halides is 2. The molecule has 2 saturated heterocycles. The lowest BCUT2D eigenvalue weighted by Crippen LogP contribution is -2.58. The number of hydrogen-bond acceptors (Lipinski definition) is 6. The number of nitrogens with two attached hydrogens (primary N) is 1. The molecular formula is C34H38Cl2N8O2. The summed E-state index contributed by atoms with van der Waals surface area (Å²) in [5, 5.41) is 9.18. The SMILES string of the molecule is COc1cc(C(=O)N2C[C@H]3CC[C@@H]2C[C@@H]3N)cc2nc(-c3cc4cccc(Nc5cn(C)nc5C)c4n3CC3CC3(Cl)Cl)n(C)c12. The van der Waals surface area contributed by atoms with Gasteiger partial charge in [0.25, 0.3) is 5.91 Å². The molecule has 2 saturated carbocycles. The number of nitrogens with zero attached hydrogens (tertiary/aromatic N) is 6. The molecule has 2 aliphatic carbocycles. The normalized spacial score (nSPS) is 23.4. The van der Waals surface area contributed by atoms with Gasteiger partial charge < -0.3 is 29.8 Å². The molecule has 46 heavy (non-hydrogen) atoms. The minimum absolute atomic E-state index is 0.0128. The van der Waals surface area contributed by atoms with Gasteiger partial charge in [-0.25, -0.2) is 4.98 Å². The number of methoxy groups -OCH3 is 1. The van der Waals surface area contributed by atoms with E-state index in [-0.39, 0.29) is 23.9 Å². The van der Waals surface area contributed by atoms with Gasteiger partial charge in [-0.3, -0.25) is 9.48 Å². The monoisotopic (exact) mass is 660 g/mol. The highest BCUT2D eigenvalue weighted by Gasteiger charge is 2.52. The summed E-state index contributed by atoms with van der Waals surface area (Å²) in [5.41, 5.74) is 13.2. The first kappa shape index (κ1) is 29.7. The summed E-state index contributed by atoms with van der Waals surface area (Å²) in [4.78, 5) is 21.1. The van der Waals surface area contributed by atoms with Crippen molar-refractivity contribution in [2.75, 3.05) is 19.0 Å². The number of carbonyl (C=O) groups is 1. The molecule has 0 spiro atoms. The lowest BCUT2D eigenvalue weighted by Gasteiger charge is -2.48. The highest BCUT2D eigenvalue weighted by atomic mass is 35.5. The first-order valence-electron chi connectivity index (χ1n) is 15.9. The lowest BCUT2D eigenvalue weighted by molar-refractivity contribution is 0.0261. The number of imidazole rings is 1. The molecule has 4 atom stereocenters. The van der Waals surface area contributed by atoms with Crippen LogP contribution in [0.25, 0.3) is 33.5 Å². The molecule has 1 amide bonds. The van der Waals surface area contributed by atoms with Crippen LogP contribution in [0.5, 0.6) is 5.75 Å². The van der Waals surface area contributed by atoms with Crippen molar-refractivity contribution in [1.82, 2.24) is 28.8 Å². The molecule has 4 aliphatic rings. The summed E-state index contributed by atoms with van der Waals surface area (Å²) < 4.78 is 11.3. The number of halogens is 2. The molecule has 10 nitrogen and oxygen atoms in total. The zero-order chi connectivity index (χ0) is 32.1. The van der Waals surface area contributed by atoms with Crippen molar-refractivity contribution in [3.8, 4) is 17.3 Å². The van der Waals surface area contributed by atoms with E-state index in [9.17, 15) is 4.79 Å². The summed E-state index contributed by atoms with van der Waals surface area (Å²) >= 11 is 13.2. The quantitative estimate of drug-likeness (QED) is 0.203. The van der Waals surface area contributed by atoms with Gasteiger partial charge in [0.1, 0.15) is 15.6 Å². The molecule has 4 fully saturated rings. The summed E-state index contributed by atoms with van der Waals surface area (Å²) in [6.07, 6.45) is 5.65. The van der Waals surface area contributed by atoms with Crippen molar-refractivity contribution in [1.29, 1.82) is 0 Å². The molecule has 9 rings (SSSR count). The Kier molecular flexibility index (Phi) is 6.87. The number of aromatic nitrogens is 5. The maximum absolute atomic E-state index is 13.9. The smallest absolute Gasteiger partial charge is 0.254 e. The predicted octanol–water partition coefficient (Wildman–Crippen LogP) is 6.13. The van der Waals surface area contributed by atoms with Crippen LogP contribution < -0.4 is 15.8 Å². The average Bonchev–Trinajstić information content (AvgIpc) is 3.29. The first-order chi connectivity index (χ1) is 22.0. The Balaban J connectivity index is 1.25. The molecule has 2 aliphatic heterocycles. The van der Waals surface area contributed by atoms with Crippen LogP contribution in [-0.2, 0) is 20.6 Å². The summed E-state index contributed by atoms with van der Waals surface area (Å²) in [6.45, 7) is 3.32. The van der Waals surface area contributed by atoms with Gasteiger partial charge in [-0.15, -0.1) is 23.2 Å². The van der Waals surface area contributed by atoms with Gasteiger partial charge in [0.2, 0.25) is 0 Å². The molecule has 5 aromatic rings. The highest BCUT2D eigenvalue weighted by molar-refractivity contribution is 6.50. The van der Waals surface area contributed by atoms with E-state index in [4.69, 9.17) is 38.7 Å². The molecule has 3 aromatic heterocycles. The van der Waals surface area contributed by atoms with Crippen molar-refractivity contribution < 1.29 is 9.53 Å². The maximum atomic E-state index is 13.9. The molecule has 12 heteroatoms. The molecule has 1 unspecified atom stereocenters. The van der Waals surface area contributed by atoms with Gasteiger partial charge in [-0.2, -0.15) is 5.10 Å². The molecule has 2 aromatic carbocycles. The van der Waals surface area contributed by atoms with Crippen molar-refractivity contribution in [3.63, 3.8) is 0 Å². The maximum Gasteiger partial charge on any atom is 0.254 e. The van der Waals surface area contributed by atoms with Crippen molar-refractivity contribution >= 4 is 62.4 Å². The van der Waals surface area contributed by atoms with Crippen LogP contribution in [0.2, 0.25) is 0 Å². The van der Waals surface area contributed by atoms with E-state index in [0.29, 0.717) is 35.8 Å². The second-order valence-corrected chi connectivity index (χ2v) is 14.9. The number of piperidine rings is 2. The van der Waals surface area contributed by atoms with Crippen molar-refractivity contribution in [3.05, 3.63) is 53.9 Å². The third-order valence-corrected chi connectivity index (χ3v) is 11.3. The standard InChI is InChI=1S/C34H38Cl2N8O2/c1-18-27(17-41(2)40-18)38-25-7-5-6-19-11-28(44(30(19)25)16-22-14-34(22,35)36)32-39-26-10-21(12-29(46-4)31(26)42(32)3)33(45)43-15-20-8-9-23(43)13-24(20)37/h5-7,10-12,17,20,22-24,38H,8-9,13-16,37H2,1-4H3/t20-,22?,23-,24+/m1/s1. The summed E-state index contributed by atoms with van der Waals surface area (Å²) in [6, 6.07) is 12.5. The number of aryl methyl sites for hydroxylation is 3. The number of anilines is 2. The first-order valence-corrected chi connectivity index (χ1v) is 16.7. The topological polar surface area (TPSA) is 108 Å². The highest BCUT2D eigenvalue weighted by Crippen LogP contribution is 2.55. The van der Waals surface area contributed by atoms with Gasteiger partial charge in [0.05, 0.1) is 40.9 Å². The second kappa shape index (κ2) is 10.7. The number of nitrogens with one attached hydrogen (secondary N) is 1. The van der Waals surface area contributed by atoms with Crippen LogP contribution in [0.4, 0.5) is 11.4 Å². The number of rotatable bonds is 7. The zero-order valence-electron chi connectivity index (χ0n) is 26.4. The zero-order valence-corrected chi connectivity index (χ0v) is 27.9. The summed E-state index contributed by atoms with van der Waals surface area (Å²) in [5.74, 6) is 1.84. The lowest BCUT2D eigenvalue weighted by atomic mass is 9.76. The van der Waals surface area contributed by atoms with E-state index in [2.05, 4.69) is 37.7 Å². The van der Waals surface area contributed by atoms with Gasteiger partial charge in [0.15, 0.2) is 5.82 Å². The number of carbonyl (C=O) groups excluding carboxylic acids is 1. The fourth-order valence-electron chi connectivity index (χ4n) is 7.75. The largest absolute Gasteiger partial charge is 0.494 e. The van der Waals surface area contributed by atoms with Crippen molar-refractivity contribution in [2.24, 2.45) is 31.7 Å². The Morgan fingerprint density at radius 3 is 2.61 bits per heavy atom. The van der Waals surface area contributed by atoms with Crippen LogP contribution in [0.3, 0.4) is 0 Å². The number of para-hydroxylation sites is 1. The number of ether oxygens (including phenoxy) is 1. The number of amides is 1. The van der Waals surface area contributed by atoms with Gasteiger partial charge in [-0.05, 0) is 62.8 Å². The Morgan fingerprint density at radius 2 is 1.96 bits per heavy atom. The molecular weight excluding hydrogens is 623 g/mol. The fourth-order valence-corrected chi connectivity index (χ4v) is 8.26. The third-order valence-electron chi connectivity index (χ3n) is 10.3. The molecule has 5 heterocycles. The fraction of sp³-hybridized carbons (Fsp3) is 0.441. The molecule has 0 radical (unpaired) electrons. The van der Waals surface area contributed by atoms with E-state index < -0.39 is 4.33 Å². The predicted molar refractivity (Wildman–Crippen MR) is 182 cm³/mol.